The molecule has 0 aliphatic rings. The van der Waals surface area contributed by atoms with Crippen molar-refractivity contribution in [1.82, 2.24) is 5.16 Å². The van der Waals surface area contributed by atoms with E-state index in [2.05, 4.69) is 9.68 Å². The quantitative estimate of drug-likeness (QED) is 0.723. The van der Waals surface area contributed by atoms with Gasteiger partial charge in [0.15, 0.2) is 0 Å². The summed E-state index contributed by atoms with van der Waals surface area (Å²) in [5, 5.41) is 12.2. The number of rotatable bonds is 6. The lowest BCUT2D eigenvalue weighted by molar-refractivity contribution is -0.143. The van der Waals surface area contributed by atoms with Gasteiger partial charge in [0.1, 0.15) is 5.69 Å². The first kappa shape index (κ1) is 11.7. The van der Waals surface area contributed by atoms with Crippen LogP contribution in [-0.4, -0.2) is 29.4 Å². The summed E-state index contributed by atoms with van der Waals surface area (Å²) >= 11 is 0. The highest BCUT2D eigenvalue weighted by Gasteiger charge is 2.19. The van der Waals surface area contributed by atoms with Gasteiger partial charge in [0, 0.05) is 19.3 Å². The van der Waals surface area contributed by atoms with Crippen molar-refractivity contribution in [1.29, 1.82) is 0 Å². The Hall–Kier alpha value is -1.40. The van der Waals surface area contributed by atoms with Gasteiger partial charge < -0.3 is 19.1 Å². The molecule has 0 unspecified atom stereocenters. The SMILES string of the molecule is CCOC(OCC)c1cc(C(=O)O)on1. The van der Waals surface area contributed by atoms with Crippen LogP contribution >= 0.6 is 0 Å². The number of aromatic nitrogens is 1. The first-order valence-electron chi connectivity index (χ1n) is 4.62. The highest BCUT2D eigenvalue weighted by molar-refractivity contribution is 5.84. The van der Waals surface area contributed by atoms with Gasteiger partial charge in [-0.3, -0.25) is 0 Å². The van der Waals surface area contributed by atoms with E-state index in [4.69, 9.17) is 14.6 Å². The van der Waals surface area contributed by atoms with E-state index in [1.54, 1.807) is 0 Å². The van der Waals surface area contributed by atoms with Crippen LogP contribution in [0.1, 0.15) is 36.4 Å². The van der Waals surface area contributed by atoms with E-state index in [0.29, 0.717) is 18.9 Å². The lowest BCUT2D eigenvalue weighted by Gasteiger charge is -2.13. The third-order valence-electron chi connectivity index (χ3n) is 1.62. The number of nitrogens with zero attached hydrogens (tertiary/aromatic N) is 1. The first-order chi connectivity index (χ1) is 7.19. The number of carboxylic acids is 1. The molecule has 0 radical (unpaired) electrons. The summed E-state index contributed by atoms with van der Waals surface area (Å²) in [4.78, 5) is 10.5. The second-order valence-electron chi connectivity index (χ2n) is 2.66. The largest absolute Gasteiger partial charge is 0.475 e. The standard InChI is InChI=1S/C9H13NO5/c1-3-13-9(14-4-2)6-5-7(8(11)12)15-10-6/h5,9H,3-4H2,1-2H3,(H,11,12). The van der Waals surface area contributed by atoms with Crippen LogP contribution < -0.4 is 0 Å². The third-order valence-corrected chi connectivity index (χ3v) is 1.62. The van der Waals surface area contributed by atoms with E-state index in [-0.39, 0.29) is 5.76 Å². The van der Waals surface area contributed by atoms with Gasteiger partial charge in [-0.1, -0.05) is 5.16 Å². The van der Waals surface area contributed by atoms with Crippen LogP contribution in [0.5, 0.6) is 0 Å². The molecule has 6 heteroatoms. The van der Waals surface area contributed by atoms with Crippen LogP contribution in [0.2, 0.25) is 0 Å². The van der Waals surface area contributed by atoms with E-state index in [9.17, 15) is 4.79 Å². The minimum atomic E-state index is -1.17. The van der Waals surface area contributed by atoms with Gasteiger partial charge in [-0.05, 0) is 13.8 Å². The van der Waals surface area contributed by atoms with Crippen LogP contribution in [0.3, 0.4) is 0 Å². The molecule has 0 aromatic carbocycles. The van der Waals surface area contributed by atoms with E-state index in [1.165, 1.54) is 6.07 Å². The Balaban J connectivity index is 2.76. The molecule has 0 saturated heterocycles. The molecule has 0 aliphatic heterocycles. The average Bonchev–Trinajstić information content (AvgIpc) is 2.66. The summed E-state index contributed by atoms with van der Waals surface area (Å²) in [5.74, 6) is -1.39. The van der Waals surface area contributed by atoms with Crippen molar-refractivity contribution in [3.63, 3.8) is 0 Å². The van der Waals surface area contributed by atoms with E-state index < -0.39 is 12.3 Å². The van der Waals surface area contributed by atoms with Gasteiger partial charge in [0.05, 0.1) is 0 Å². The number of hydrogen-bond acceptors (Lipinski definition) is 5. The highest BCUT2D eigenvalue weighted by Crippen LogP contribution is 2.18. The number of aromatic carboxylic acids is 1. The minimum Gasteiger partial charge on any atom is -0.475 e. The predicted molar refractivity (Wildman–Crippen MR) is 49.5 cm³/mol. The molecule has 15 heavy (non-hydrogen) atoms. The zero-order valence-corrected chi connectivity index (χ0v) is 8.60. The summed E-state index contributed by atoms with van der Waals surface area (Å²) in [6.07, 6.45) is -0.670. The summed E-state index contributed by atoms with van der Waals surface area (Å²) in [7, 11) is 0. The Kier molecular flexibility index (Phi) is 4.26. The lowest BCUT2D eigenvalue weighted by Crippen LogP contribution is -2.09. The molecule has 1 aromatic rings. The fraction of sp³-hybridized carbons (Fsp3) is 0.556. The smallest absolute Gasteiger partial charge is 0.374 e. The Labute approximate surface area is 86.8 Å². The Morgan fingerprint density at radius 3 is 2.53 bits per heavy atom. The number of carbonyl (C=O) groups is 1. The fourth-order valence-corrected chi connectivity index (χ4v) is 1.02. The van der Waals surface area contributed by atoms with Gasteiger partial charge in [-0.15, -0.1) is 0 Å². The zero-order chi connectivity index (χ0) is 11.3. The Bertz CT molecular complexity index is 316. The lowest BCUT2D eigenvalue weighted by atomic mass is 10.3. The molecule has 0 spiro atoms. The predicted octanol–water partition coefficient (Wildman–Crippen LogP) is 1.44. The fourth-order valence-electron chi connectivity index (χ4n) is 1.02. The van der Waals surface area contributed by atoms with Gasteiger partial charge in [-0.25, -0.2) is 4.79 Å². The minimum absolute atomic E-state index is 0.227. The van der Waals surface area contributed by atoms with Crippen molar-refractivity contribution in [2.24, 2.45) is 0 Å². The van der Waals surface area contributed by atoms with Crippen molar-refractivity contribution in [2.75, 3.05) is 13.2 Å². The third kappa shape index (κ3) is 3.03. The molecule has 0 saturated carbocycles. The molecule has 1 N–H and O–H groups in total. The van der Waals surface area contributed by atoms with Crippen molar-refractivity contribution in [3.8, 4) is 0 Å². The van der Waals surface area contributed by atoms with Crippen LogP contribution in [0.25, 0.3) is 0 Å². The number of hydrogen-bond donors (Lipinski definition) is 1. The molecule has 0 aliphatic carbocycles. The maximum atomic E-state index is 10.5. The molecule has 1 aromatic heterocycles. The molecule has 0 bridgehead atoms. The molecule has 0 atom stereocenters. The Morgan fingerprint density at radius 2 is 2.13 bits per heavy atom. The Morgan fingerprint density at radius 1 is 1.53 bits per heavy atom. The topological polar surface area (TPSA) is 81.8 Å². The molecular weight excluding hydrogens is 202 g/mol. The van der Waals surface area contributed by atoms with Crippen molar-refractivity contribution in [2.45, 2.75) is 20.1 Å². The van der Waals surface area contributed by atoms with Crippen LogP contribution in [0.4, 0.5) is 0 Å². The molecular formula is C9H13NO5. The van der Waals surface area contributed by atoms with Crippen molar-refractivity contribution >= 4 is 5.97 Å². The highest BCUT2D eigenvalue weighted by atomic mass is 16.7. The maximum Gasteiger partial charge on any atom is 0.374 e. The van der Waals surface area contributed by atoms with Crippen molar-refractivity contribution in [3.05, 3.63) is 17.5 Å². The van der Waals surface area contributed by atoms with Crippen LogP contribution in [0, 0.1) is 0 Å². The summed E-state index contributed by atoms with van der Waals surface area (Å²) in [5.41, 5.74) is 0.330. The normalized spacial score (nSPS) is 10.9. The summed E-state index contributed by atoms with van der Waals surface area (Å²) in [6.45, 7) is 4.51. The molecule has 84 valence electrons. The van der Waals surface area contributed by atoms with Crippen LogP contribution in [0.15, 0.2) is 10.6 Å². The molecule has 1 rings (SSSR count). The van der Waals surface area contributed by atoms with Gasteiger partial charge >= 0.3 is 5.97 Å². The average molecular weight is 215 g/mol. The number of ether oxygens (including phenoxy) is 2. The molecule has 0 amide bonds. The maximum absolute atomic E-state index is 10.5. The van der Waals surface area contributed by atoms with E-state index in [0.717, 1.165) is 0 Å². The second-order valence-corrected chi connectivity index (χ2v) is 2.66. The van der Waals surface area contributed by atoms with E-state index in [1.807, 2.05) is 13.8 Å². The molecule has 6 nitrogen and oxygen atoms in total. The van der Waals surface area contributed by atoms with Gasteiger partial charge in [0.25, 0.3) is 0 Å². The summed E-state index contributed by atoms with van der Waals surface area (Å²) < 4.78 is 15.0. The zero-order valence-electron chi connectivity index (χ0n) is 8.60. The molecule has 1 heterocycles. The first-order valence-corrected chi connectivity index (χ1v) is 4.62. The second kappa shape index (κ2) is 5.47. The summed E-state index contributed by atoms with van der Waals surface area (Å²) in [6, 6.07) is 1.29. The van der Waals surface area contributed by atoms with E-state index >= 15 is 0 Å². The van der Waals surface area contributed by atoms with Crippen molar-refractivity contribution < 1.29 is 23.9 Å². The van der Waals surface area contributed by atoms with Gasteiger partial charge in [-0.2, -0.15) is 0 Å². The van der Waals surface area contributed by atoms with Crippen LogP contribution in [-0.2, 0) is 9.47 Å². The number of carboxylic acid groups (broad SMARTS) is 1. The monoisotopic (exact) mass is 215 g/mol. The van der Waals surface area contributed by atoms with Gasteiger partial charge in [0.2, 0.25) is 12.1 Å². The molecule has 0 fully saturated rings.